The first-order valence-corrected chi connectivity index (χ1v) is 16.3. The van der Waals surface area contributed by atoms with E-state index < -0.39 is 30.1 Å². The summed E-state index contributed by atoms with van der Waals surface area (Å²) >= 11 is 0. The quantitative estimate of drug-likeness (QED) is 0.164. The first-order valence-electron chi connectivity index (χ1n) is 16.3. The average molecular weight is 605 g/mol. The maximum atomic E-state index is 12.6. The molecule has 43 heavy (non-hydrogen) atoms. The molecule has 4 saturated carbocycles. The highest BCUT2D eigenvalue weighted by molar-refractivity contribution is 5.90. The average Bonchev–Trinajstić information content (AvgIpc) is 3.25. The van der Waals surface area contributed by atoms with Gasteiger partial charge < -0.3 is 24.8 Å². The Morgan fingerprint density at radius 2 is 1.58 bits per heavy atom. The minimum Gasteiger partial charge on any atom is -0.481 e. The van der Waals surface area contributed by atoms with E-state index in [1.807, 2.05) is 6.92 Å². The second-order valence-electron chi connectivity index (χ2n) is 16.2. The molecule has 4 aliphatic rings. The maximum absolute atomic E-state index is 12.6. The van der Waals surface area contributed by atoms with Gasteiger partial charge in [0.25, 0.3) is 0 Å². The Balaban J connectivity index is 1.67. The summed E-state index contributed by atoms with van der Waals surface area (Å²) in [6.07, 6.45) is 4.89. The van der Waals surface area contributed by atoms with Gasteiger partial charge in [-0.15, -0.1) is 0 Å². The SMILES string of the molecule is C=C(C)C(O)CCC(C)(O)C1CCC2(C)C1C(OC(C)=O)CC1C3(C)CCC(OC(=O)CC(=O)O)C(C)(C)C3CCC12C. The number of hydrogen-bond donors (Lipinski definition) is 3. The lowest BCUT2D eigenvalue weighted by atomic mass is 9.35. The fourth-order valence-electron chi connectivity index (χ4n) is 11.1. The van der Waals surface area contributed by atoms with Crippen LogP contribution in [0.2, 0.25) is 0 Å². The van der Waals surface area contributed by atoms with E-state index in [9.17, 15) is 24.6 Å². The zero-order chi connectivity index (χ0) is 32.3. The molecule has 0 radical (unpaired) electrons. The lowest BCUT2D eigenvalue weighted by Crippen LogP contribution is -2.67. The van der Waals surface area contributed by atoms with E-state index in [0.717, 1.165) is 38.5 Å². The second kappa shape index (κ2) is 11.5. The van der Waals surface area contributed by atoms with Gasteiger partial charge in [-0.1, -0.05) is 46.8 Å². The molecule has 11 unspecified atom stereocenters. The van der Waals surface area contributed by atoms with Crippen LogP contribution in [0, 0.1) is 45.3 Å². The first-order chi connectivity index (χ1) is 19.7. The van der Waals surface area contributed by atoms with Gasteiger partial charge >= 0.3 is 17.9 Å². The van der Waals surface area contributed by atoms with Gasteiger partial charge in [-0.3, -0.25) is 14.4 Å². The van der Waals surface area contributed by atoms with Crippen molar-refractivity contribution < 1.29 is 39.2 Å². The lowest BCUT2D eigenvalue weighted by molar-refractivity contribution is -0.252. The van der Waals surface area contributed by atoms with E-state index in [4.69, 9.17) is 14.6 Å². The molecule has 0 saturated heterocycles. The minimum absolute atomic E-state index is 0.00362. The number of rotatable bonds is 9. The van der Waals surface area contributed by atoms with Crippen LogP contribution in [0.25, 0.3) is 0 Å². The summed E-state index contributed by atoms with van der Waals surface area (Å²) in [5, 5.41) is 31.5. The highest BCUT2D eigenvalue weighted by Gasteiger charge is 2.72. The van der Waals surface area contributed by atoms with Crippen LogP contribution in [-0.2, 0) is 23.9 Å². The summed E-state index contributed by atoms with van der Waals surface area (Å²) in [6.45, 7) is 20.5. The molecular weight excluding hydrogens is 548 g/mol. The number of carbonyl (C=O) groups is 3. The van der Waals surface area contributed by atoms with Gasteiger partial charge in [0.05, 0.1) is 11.7 Å². The number of aliphatic hydroxyl groups excluding tert-OH is 1. The largest absolute Gasteiger partial charge is 0.481 e. The molecule has 11 atom stereocenters. The van der Waals surface area contributed by atoms with Crippen molar-refractivity contribution in [3.8, 4) is 0 Å². The molecule has 8 nitrogen and oxygen atoms in total. The van der Waals surface area contributed by atoms with Crippen LogP contribution in [0.1, 0.15) is 120 Å². The summed E-state index contributed by atoms with van der Waals surface area (Å²) < 4.78 is 12.0. The van der Waals surface area contributed by atoms with E-state index in [0.29, 0.717) is 24.8 Å². The van der Waals surface area contributed by atoms with Crippen molar-refractivity contribution in [3.63, 3.8) is 0 Å². The summed E-state index contributed by atoms with van der Waals surface area (Å²) in [5.41, 5.74) is -0.988. The van der Waals surface area contributed by atoms with Crippen molar-refractivity contribution in [3.05, 3.63) is 12.2 Å². The molecule has 4 rings (SSSR count). The van der Waals surface area contributed by atoms with Crippen molar-refractivity contribution in [2.24, 2.45) is 45.3 Å². The molecule has 0 aromatic rings. The predicted octanol–water partition coefficient (Wildman–Crippen LogP) is 6.07. The van der Waals surface area contributed by atoms with E-state index in [-0.39, 0.29) is 63.5 Å². The lowest BCUT2D eigenvalue weighted by Gasteiger charge is -2.70. The minimum atomic E-state index is -1.18. The van der Waals surface area contributed by atoms with Crippen molar-refractivity contribution >= 4 is 17.9 Å². The van der Waals surface area contributed by atoms with E-state index in [1.54, 1.807) is 6.92 Å². The Hall–Kier alpha value is -1.93. The number of fused-ring (bicyclic) bond motifs is 5. The van der Waals surface area contributed by atoms with Gasteiger partial charge in [-0.2, -0.15) is 0 Å². The summed E-state index contributed by atoms with van der Waals surface area (Å²) in [5.74, 6) is -1.73. The number of esters is 2. The van der Waals surface area contributed by atoms with Crippen LogP contribution in [0.15, 0.2) is 12.2 Å². The zero-order valence-corrected chi connectivity index (χ0v) is 27.7. The first kappa shape index (κ1) is 34.0. The number of aliphatic carboxylic acids is 1. The Morgan fingerprint density at radius 1 is 0.953 bits per heavy atom. The van der Waals surface area contributed by atoms with E-state index >= 15 is 0 Å². The fraction of sp³-hybridized carbons (Fsp3) is 0.857. The fourth-order valence-corrected chi connectivity index (χ4v) is 11.1. The normalized spacial score (nSPS) is 41.9. The van der Waals surface area contributed by atoms with Crippen molar-refractivity contribution in [1.82, 2.24) is 0 Å². The molecule has 244 valence electrons. The number of ether oxygens (including phenoxy) is 2. The molecule has 4 fully saturated rings. The Labute approximate surface area is 258 Å². The topological polar surface area (TPSA) is 130 Å². The molecule has 0 aliphatic heterocycles. The van der Waals surface area contributed by atoms with E-state index in [1.165, 1.54) is 6.92 Å². The van der Waals surface area contributed by atoms with Crippen LogP contribution < -0.4 is 0 Å². The molecule has 3 N–H and O–H groups in total. The van der Waals surface area contributed by atoms with Crippen LogP contribution in [0.5, 0.6) is 0 Å². The molecule has 0 amide bonds. The van der Waals surface area contributed by atoms with Crippen LogP contribution in [0.3, 0.4) is 0 Å². The molecule has 0 aromatic carbocycles. The molecule has 0 aromatic heterocycles. The van der Waals surface area contributed by atoms with Gasteiger partial charge in [-0.05, 0) is 106 Å². The molecule has 0 spiro atoms. The molecule has 0 heterocycles. The highest BCUT2D eigenvalue weighted by Crippen LogP contribution is 2.76. The monoisotopic (exact) mass is 604 g/mol. The molecular formula is C35H56O8. The number of hydrogen-bond acceptors (Lipinski definition) is 7. The van der Waals surface area contributed by atoms with Crippen LogP contribution in [-0.4, -0.2) is 57.1 Å². The van der Waals surface area contributed by atoms with E-state index in [2.05, 4.69) is 41.2 Å². The van der Waals surface area contributed by atoms with Gasteiger partial charge in [-0.25, -0.2) is 0 Å². The third-order valence-corrected chi connectivity index (χ3v) is 13.5. The standard InChI is InChI=1S/C35H56O8/c1-20(2)23(37)11-17-35(9,41)22-10-15-34(8)30(22)24(42-21(3)36)18-26-32(6)14-13-27(43-29(40)19-28(38)39)31(4,5)25(32)12-16-33(26,34)7/h22-27,30,37,41H,1,10-19H2,2-9H3,(H,38,39). The van der Waals surface area contributed by atoms with Crippen LogP contribution in [0.4, 0.5) is 0 Å². The smallest absolute Gasteiger partial charge is 0.317 e. The van der Waals surface area contributed by atoms with Gasteiger partial charge in [0, 0.05) is 18.3 Å². The molecule has 0 bridgehead atoms. The van der Waals surface area contributed by atoms with Gasteiger partial charge in [0.2, 0.25) is 0 Å². The molecule has 4 aliphatic carbocycles. The Morgan fingerprint density at radius 3 is 2.16 bits per heavy atom. The summed E-state index contributed by atoms with van der Waals surface area (Å²) in [4.78, 5) is 36.1. The van der Waals surface area contributed by atoms with Gasteiger partial charge in [0.15, 0.2) is 0 Å². The van der Waals surface area contributed by atoms with Crippen molar-refractivity contribution in [2.45, 2.75) is 144 Å². The van der Waals surface area contributed by atoms with Gasteiger partial charge in [0.1, 0.15) is 18.6 Å². The maximum Gasteiger partial charge on any atom is 0.317 e. The highest BCUT2D eigenvalue weighted by atomic mass is 16.5. The zero-order valence-electron chi connectivity index (χ0n) is 27.7. The summed E-state index contributed by atoms with van der Waals surface area (Å²) in [7, 11) is 0. The predicted molar refractivity (Wildman–Crippen MR) is 163 cm³/mol. The second-order valence-corrected chi connectivity index (χ2v) is 16.2. The third kappa shape index (κ3) is 5.69. The van der Waals surface area contributed by atoms with Crippen molar-refractivity contribution in [2.75, 3.05) is 0 Å². The molecule has 8 heteroatoms. The number of carboxylic acids is 1. The van der Waals surface area contributed by atoms with Crippen molar-refractivity contribution in [1.29, 1.82) is 0 Å². The number of carboxylic acid groups (broad SMARTS) is 1. The van der Waals surface area contributed by atoms with Crippen LogP contribution >= 0.6 is 0 Å². The number of carbonyl (C=O) groups excluding carboxylic acids is 2. The Bertz CT molecular complexity index is 1130. The third-order valence-electron chi connectivity index (χ3n) is 13.5. The Kier molecular flexibility index (Phi) is 9.05. The summed E-state index contributed by atoms with van der Waals surface area (Å²) in [6, 6.07) is 0. The number of aliphatic hydroxyl groups is 2.